The molecule has 0 aliphatic carbocycles. The summed E-state index contributed by atoms with van der Waals surface area (Å²) in [6.07, 6.45) is -4.77. The molecular formula is C15H23F3IN3O2S. The van der Waals surface area contributed by atoms with Crippen LogP contribution in [0.5, 0.6) is 0 Å². The van der Waals surface area contributed by atoms with Gasteiger partial charge < -0.3 is 10.6 Å². The number of hydrogen-bond acceptors (Lipinski definition) is 3. The van der Waals surface area contributed by atoms with Crippen molar-refractivity contribution < 1.29 is 21.6 Å². The molecule has 0 amide bonds. The first-order chi connectivity index (χ1) is 11.2. The maximum absolute atomic E-state index is 12.4. The largest absolute Gasteiger partial charge is 0.390 e. The van der Waals surface area contributed by atoms with Gasteiger partial charge in [-0.3, -0.25) is 4.99 Å². The molecule has 1 aromatic carbocycles. The molecule has 0 aromatic heterocycles. The molecule has 0 spiro atoms. The van der Waals surface area contributed by atoms with E-state index in [1.807, 2.05) is 0 Å². The van der Waals surface area contributed by atoms with Gasteiger partial charge in [-0.1, -0.05) is 25.1 Å². The van der Waals surface area contributed by atoms with E-state index in [1.165, 1.54) is 19.2 Å². The van der Waals surface area contributed by atoms with Gasteiger partial charge in [-0.25, -0.2) is 8.42 Å². The Bertz CT molecular complexity index is 637. The van der Waals surface area contributed by atoms with Crippen LogP contribution in [0.15, 0.2) is 40.2 Å². The predicted octanol–water partition coefficient (Wildman–Crippen LogP) is 2.97. The number of halogens is 4. The molecule has 0 aliphatic rings. The summed E-state index contributed by atoms with van der Waals surface area (Å²) in [7, 11) is -2.08. The molecule has 5 nitrogen and oxygen atoms in total. The van der Waals surface area contributed by atoms with Gasteiger partial charge in [-0.15, -0.1) is 24.0 Å². The predicted molar refractivity (Wildman–Crippen MR) is 103 cm³/mol. The highest BCUT2D eigenvalue weighted by atomic mass is 127. The average Bonchev–Trinajstić information content (AvgIpc) is 2.52. The number of aliphatic imine (C=N–C) groups is 1. The van der Waals surface area contributed by atoms with E-state index in [0.29, 0.717) is 6.42 Å². The maximum atomic E-state index is 12.4. The first-order valence-electron chi connectivity index (χ1n) is 7.49. The molecule has 0 saturated heterocycles. The molecule has 0 saturated carbocycles. The molecule has 144 valence electrons. The number of alkyl halides is 3. The SMILES string of the molecule is CCC(CS(=O)(=O)c1ccccc1)NC(=NC)NCCC(F)(F)F.I. The van der Waals surface area contributed by atoms with Crippen molar-refractivity contribution in [3.63, 3.8) is 0 Å². The van der Waals surface area contributed by atoms with Crippen molar-refractivity contribution in [2.24, 2.45) is 4.99 Å². The molecule has 2 N–H and O–H groups in total. The fraction of sp³-hybridized carbons (Fsp3) is 0.533. The zero-order chi connectivity index (χ0) is 18.2. The molecular weight excluding hydrogens is 470 g/mol. The zero-order valence-electron chi connectivity index (χ0n) is 14.0. The first kappa shape index (κ1) is 24.0. The van der Waals surface area contributed by atoms with Crippen LogP contribution in [0.2, 0.25) is 0 Å². The second kappa shape index (κ2) is 10.8. The summed E-state index contributed by atoms with van der Waals surface area (Å²) in [5.41, 5.74) is 0. The van der Waals surface area contributed by atoms with Crippen LogP contribution in [0, 0.1) is 0 Å². The molecule has 0 radical (unpaired) electrons. The number of sulfone groups is 1. The van der Waals surface area contributed by atoms with Crippen molar-refractivity contribution in [1.29, 1.82) is 0 Å². The maximum Gasteiger partial charge on any atom is 0.390 e. The summed E-state index contributed by atoms with van der Waals surface area (Å²) >= 11 is 0. The minimum atomic E-state index is -4.26. The highest BCUT2D eigenvalue weighted by molar-refractivity contribution is 14.0. The van der Waals surface area contributed by atoms with Crippen molar-refractivity contribution in [3.05, 3.63) is 30.3 Å². The fourth-order valence-electron chi connectivity index (χ4n) is 1.96. The minimum absolute atomic E-state index is 0. The monoisotopic (exact) mass is 493 g/mol. The molecule has 1 aromatic rings. The van der Waals surface area contributed by atoms with E-state index < -0.39 is 28.5 Å². The van der Waals surface area contributed by atoms with Gasteiger partial charge in [0.2, 0.25) is 0 Å². The van der Waals surface area contributed by atoms with Crippen LogP contribution in [0.25, 0.3) is 0 Å². The highest BCUT2D eigenvalue weighted by Gasteiger charge is 2.26. The molecule has 0 aliphatic heterocycles. The molecule has 25 heavy (non-hydrogen) atoms. The summed E-state index contributed by atoms with van der Waals surface area (Å²) < 4.78 is 61.2. The summed E-state index contributed by atoms with van der Waals surface area (Å²) in [5.74, 6) is -0.0256. The van der Waals surface area contributed by atoms with E-state index in [2.05, 4.69) is 15.6 Å². The van der Waals surface area contributed by atoms with E-state index in [9.17, 15) is 21.6 Å². The number of rotatable bonds is 7. The third kappa shape index (κ3) is 9.28. The Hall–Kier alpha value is -1.04. The van der Waals surface area contributed by atoms with Crippen molar-refractivity contribution in [2.45, 2.75) is 36.9 Å². The van der Waals surface area contributed by atoms with Crippen LogP contribution in [-0.2, 0) is 9.84 Å². The Morgan fingerprint density at radius 3 is 2.32 bits per heavy atom. The average molecular weight is 493 g/mol. The quantitative estimate of drug-likeness (QED) is 0.348. The van der Waals surface area contributed by atoms with Crippen LogP contribution in [0.1, 0.15) is 19.8 Å². The molecule has 0 heterocycles. The van der Waals surface area contributed by atoms with E-state index in [0.717, 1.165) is 0 Å². The van der Waals surface area contributed by atoms with Gasteiger partial charge in [0.1, 0.15) is 0 Å². The number of benzene rings is 1. The van der Waals surface area contributed by atoms with E-state index in [4.69, 9.17) is 0 Å². The Labute approximate surface area is 163 Å². The van der Waals surface area contributed by atoms with Crippen molar-refractivity contribution >= 4 is 39.8 Å². The lowest BCUT2D eigenvalue weighted by Gasteiger charge is -2.20. The van der Waals surface area contributed by atoms with Crippen LogP contribution in [0.3, 0.4) is 0 Å². The Balaban J connectivity index is 0.00000576. The van der Waals surface area contributed by atoms with Gasteiger partial charge in [-0.05, 0) is 18.6 Å². The lowest BCUT2D eigenvalue weighted by Crippen LogP contribution is -2.46. The standard InChI is InChI=1S/C15H22F3N3O2S.HI/c1-3-12(11-24(22,23)13-7-5-4-6-8-13)21-14(19-2)20-10-9-15(16,17)18;/h4-8,12H,3,9-11H2,1-2H3,(H2,19,20,21);1H. The summed E-state index contributed by atoms with van der Waals surface area (Å²) in [6.45, 7) is 1.46. The van der Waals surface area contributed by atoms with E-state index in [1.54, 1.807) is 25.1 Å². The van der Waals surface area contributed by atoms with Gasteiger partial charge in [0.25, 0.3) is 0 Å². The molecule has 1 unspecified atom stereocenters. The smallest absolute Gasteiger partial charge is 0.356 e. The van der Waals surface area contributed by atoms with E-state index in [-0.39, 0.29) is 47.1 Å². The minimum Gasteiger partial charge on any atom is -0.356 e. The Morgan fingerprint density at radius 1 is 1.24 bits per heavy atom. The van der Waals surface area contributed by atoms with E-state index >= 15 is 0 Å². The summed E-state index contributed by atoms with van der Waals surface area (Å²) in [5, 5.41) is 5.40. The normalized spacial score (nSPS) is 13.7. The van der Waals surface area contributed by atoms with Crippen LogP contribution < -0.4 is 10.6 Å². The number of hydrogen-bond donors (Lipinski definition) is 2. The van der Waals surface area contributed by atoms with Crippen LogP contribution in [-0.4, -0.2) is 45.9 Å². The van der Waals surface area contributed by atoms with Gasteiger partial charge in [0.05, 0.1) is 17.1 Å². The van der Waals surface area contributed by atoms with Crippen molar-refractivity contribution in [1.82, 2.24) is 10.6 Å². The third-order valence-electron chi connectivity index (χ3n) is 3.28. The zero-order valence-corrected chi connectivity index (χ0v) is 17.2. The van der Waals surface area contributed by atoms with Crippen molar-refractivity contribution in [2.75, 3.05) is 19.3 Å². The lowest BCUT2D eigenvalue weighted by molar-refractivity contribution is -0.132. The third-order valence-corrected chi connectivity index (χ3v) is 5.11. The van der Waals surface area contributed by atoms with Gasteiger partial charge in [-0.2, -0.15) is 13.2 Å². The topological polar surface area (TPSA) is 70.6 Å². The molecule has 1 rings (SSSR count). The molecule has 0 fully saturated rings. The number of nitrogens with one attached hydrogen (secondary N) is 2. The second-order valence-electron chi connectivity index (χ2n) is 5.21. The summed E-state index contributed by atoms with van der Waals surface area (Å²) in [6, 6.07) is 7.56. The lowest BCUT2D eigenvalue weighted by atomic mass is 10.2. The molecule has 0 bridgehead atoms. The Kier molecular flexibility index (Phi) is 10.4. The highest BCUT2D eigenvalue weighted by Crippen LogP contribution is 2.18. The van der Waals surface area contributed by atoms with Crippen molar-refractivity contribution in [3.8, 4) is 0 Å². The fourth-order valence-corrected chi connectivity index (χ4v) is 3.57. The summed E-state index contributed by atoms with van der Waals surface area (Å²) in [4.78, 5) is 4.04. The second-order valence-corrected chi connectivity index (χ2v) is 7.24. The van der Waals surface area contributed by atoms with Crippen LogP contribution in [0.4, 0.5) is 13.2 Å². The van der Waals surface area contributed by atoms with Gasteiger partial charge in [0, 0.05) is 19.6 Å². The number of guanidine groups is 1. The first-order valence-corrected chi connectivity index (χ1v) is 9.15. The number of nitrogens with zero attached hydrogens (tertiary/aromatic N) is 1. The molecule has 1 atom stereocenters. The molecule has 10 heteroatoms. The van der Waals surface area contributed by atoms with Crippen LogP contribution >= 0.6 is 24.0 Å². The Morgan fingerprint density at radius 2 is 1.84 bits per heavy atom. The van der Waals surface area contributed by atoms with Gasteiger partial charge in [0.15, 0.2) is 15.8 Å². The van der Waals surface area contributed by atoms with Gasteiger partial charge >= 0.3 is 6.18 Å².